The first-order valence-electron chi connectivity index (χ1n) is 7.79. The van der Waals surface area contributed by atoms with E-state index in [9.17, 15) is 15.0 Å². The molecule has 0 aliphatic rings. The molecule has 0 spiro atoms. The van der Waals surface area contributed by atoms with Crippen LogP contribution in [-0.2, 0) is 10.2 Å². The van der Waals surface area contributed by atoms with Crippen LogP contribution in [0.5, 0.6) is 11.5 Å². The molecule has 0 unspecified atom stereocenters. The molecule has 2 aromatic carbocycles. The van der Waals surface area contributed by atoms with Crippen molar-refractivity contribution in [3.63, 3.8) is 0 Å². The molecule has 0 fully saturated rings. The summed E-state index contributed by atoms with van der Waals surface area (Å²) in [5, 5.41) is 28.0. The molecule has 122 valence electrons. The molecule has 0 aliphatic carbocycles. The predicted molar refractivity (Wildman–Crippen MR) is 88.8 cm³/mol. The normalized spacial score (nSPS) is 11.3. The Kier molecular flexibility index (Phi) is 5.27. The fourth-order valence-electron chi connectivity index (χ4n) is 3.14. The van der Waals surface area contributed by atoms with Crippen LogP contribution in [0.4, 0.5) is 0 Å². The minimum atomic E-state index is -0.800. The number of hydrogen-bond acceptors (Lipinski definition) is 3. The molecule has 0 bridgehead atoms. The first-order valence-corrected chi connectivity index (χ1v) is 7.79. The van der Waals surface area contributed by atoms with Crippen molar-refractivity contribution in [2.75, 3.05) is 0 Å². The molecular formula is C19H22O4. The van der Waals surface area contributed by atoms with E-state index in [4.69, 9.17) is 5.11 Å². The van der Waals surface area contributed by atoms with Crippen LogP contribution in [-0.4, -0.2) is 21.3 Å². The Bertz CT molecular complexity index is 599. The highest BCUT2D eigenvalue weighted by molar-refractivity contribution is 5.66. The molecule has 0 radical (unpaired) electrons. The molecule has 3 N–H and O–H groups in total. The van der Waals surface area contributed by atoms with E-state index < -0.39 is 5.97 Å². The fraction of sp³-hybridized carbons (Fsp3) is 0.316. The molecule has 0 amide bonds. The van der Waals surface area contributed by atoms with Crippen LogP contribution in [0.25, 0.3) is 0 Å². The van der Waals surface area contributed by atoms with Crippen LogP contribution < -0.4 is 0 Å². The van der Waals surface area contributed by atoms with Crippen LogP contribution in [0, 0.1) is 0 Å². The average Bonchev–Trinajstić information content (AvgIpc) is 2.53. The molecule has 0 heterocycles. The van der Waals surface area contributed by atoms with Gasteiger partial charge >= 0.3 is 5.97 Å². The molecule has 2 rings (SSSR count). The van der Waals surface area contributed by atoms with E-state index >= 15 is 0 Å². The molecule has 2 aromatic rings. The largest absolute Gasteiger partial charge is 0.508 e. The molecule has 0 aromatic heterocycles. The van der Waals surface area contributed by atoms with Gasteiger partial charge < -0.3 is 15.3 Å². The zero-order valence-corrected chi connectivity index (χ0v) is 13.2. The second kappa shape index (κ2) is 7.18. The molecular weight excluding hydrogens is 292 g/mol. The Balaban J connectivity index is 2.44. The smallest absolute Gasteiger partial charge is 0.303 e. The number of phenolic OH excluding ortho intramolecular Hbond substituents is 2. The quantitative estimate of drug-likeness (QED) is 0.720. The van der Waals surface area contributed by atoms with E-state index in [1.54, 1.807) is 24.3 Å². The van der Waals surface area contributed by atoms with E-state index in [1.807, 2.05) is 24.3 Å². The summed E-state index contributed by atoms with van der Waals surface area (Å²) in [6.07, 6.45) is 2.16. The monoisotopic (exact) mass is 314 g/mol. The highest BCUT2D eigenvalue weighted by Gasteiger charge is 2.32. The molecule has 0 saturated heterocycles. The Morgan fingerprint density at radius 3 is 1.70 bits per heavy atom. The van der Waals surface area contributed by atoms with Crippen molar-refractivity contribution in [1.82, 2.24) is 0 Å². The van der Waals surface area contributed by atoms with Crippen molar-refractivity contribution in [3.8, 4) is 11.5 Å². The summed E-state index contributed by atoms with van der Waals surface area (Å²) < 4.78 is 0. The number of hydrogen-bond donors (Lipinski definition) is 3. The second-order valence-corrected chi connectivity index (χ2v) is 5.78. The highest BCUT2D eigenvalue weighted by Crippen LogP contribution is 2.41. The van der Waals surface area contributed by atoms with E-state index in [0.29, 0.717) is 12.8 Å². The number of rotatable bonds is 7. The summed E-state index contributed by atoms with van der Waals surface area (Å²) >= 11 is 0. The SMILES string of the molecule is CCC(CCCC(=O)O)(c1ccc(O)cc1)c1ccc(O)cc1. The Morgan fingerprint density at radius 2 is 1.35 bits per heavy atom. The van der Waals surface area contributed by atoms with E-state index in [1.165, 1.54) is 0 Å². The fourth-order valence-corrected chi connectivity index (χ4v) is 3.14. The van der Waals surface area contributed by atoms with Crippen LogP contribution in [0.1, 0.15) is 43.7 Å². The van der Waals surface area contributed by atoms with Gasteiger partial charge in [-0.3, -0.25) is 4.79 Å². The number of benzene rings is 2. The summed E-state index contributed by atoms with van der Waals surface area (Å²) in [5.41, 5.74) is 1.74. The molecule has 0 atom stereocenters. The van der Waals surface area contributed by atoms with E-state index in [2.05, 4.69) is 6.92 Å². The van der Waals surface area contributed by atoms with Crippen LogP contribution in [0.3, 0.4) is 0 Å². The van der Waals surface area contributed by atoms with Crippen molar-refractivity contribution in [1.29, 1.82) is 0 Å². The van der Waals surface area contributed by atoms with Gasteiger partial charge in [0.05, 0.1) is 0 Å². The lowest BCUT2D eigenvalue weighted by atomic mass is 9.69. The number of carbonyl (C=O) groups is 1. The van der Waals surface area contributed by atoms with E-state index in [-0.39, 0.29) is 23.3 Å². The second-order valence-electron chi connectivity index (χ2n) is 5.78. The standard InChI is InChI=1S/C19H22O4/c1-2-19(13-3-4-18(22)23,14-5-9-16(20)10-6-14)15-7-11-17(21)12-8-15/h5-12,20-21H,2-4,13H2,1H3,(H,22,23). The van der Waals surface area contributed by atoms with E-state index in [0.717, 1.165) is 17.5 Å². The van der Waals surface area contributed by atoms with Crippen LogP contribution >= 0.6 is 0 Å². The molecule has 4 nitrogen and oxygen atoms in total. The predicted octanol–water partition coefficient (Wildman–Crippen LogP) is 4.05. The van der Waals surface area contributed by atoms with Gasteiger partial charge in [-0.15, -0.1) is 0 Å². The summed E-state index contributed by atoms with van der Waals surface area (Å²) in [6.45, 7) is 2.07. The first-order chi connectivity index (χ1) is 11.0. The van der Waals surface area contributed by atoms with Crippen molar-refractivity contribution >= 4 is 5.97 Å². The molecule has 23 heavy (non-hydrogen) atoms. The van der Waals surface area contributed by atoms with Gasteiger partial charge in [0, 0.05) is 11.8 Å². The third-order valence-electron chi connectivity index (χ3n) is 4.44. The third kappa shape index (κ3) is 3.83. The Labute approximate surface area is 136 Å². The van der Waals surface area contributed by atoms with Crippen LogP contribution in [0.2, 0.25) is 0 Å². The number of carboxylic acid groups (broad SMARTS) is 1. The van der Waals surface area contributed by atoms with Crippen molar-refractivity contribution < 1.29 is 20.1 Å². The molecule has 0 aliphatic heterocycles. The Morgan fingerprint density at radius 1 is 0.913 bits per heavy atom. The van der Waals surface area contributed by atoms with Crippen molar-refractivity contribution in [2.24, 2.45) is 0 Å². The van der Waals surface area contributed by atoms with Gasteiger partial charge in [-0.1, -0.05) is 31.2 Å². The van der Waals surface area contributed by atoms with Crippen molar-refractivity contribution in [2.45, 2.75) is 38.0 Å². The zero-order chi connectivity index (χ0) is 16.9. The third-order valence-corrected chi connectivity index (χ3v) is 4.44. The number of phenols is 2. The lowest BCUT2D eigenvalue weighted by molar-refractivity contribution is -0.137. The van der Waals surface area contributed by atoms with Gasteiger partial charge in [-0.05, 0) is 54.7 Å². The van der Waals surface area contributed by atoms with Gasteiger partial charge in [-0.25, -0.2) is 0 Å². The highest BCUT2D eigenvalue weighted by atomic mass is 16.4. The average molecular weight is 314 g/mol. The maximum Gasteiger partial charge on any atom is 0.303 e. The maximum absolute atomic E-state index is 10.9. The van der Waals surface area contributed by atoms with Gasteiger partial charge in [0.2, 0.25) is 0 Å². The maximum atomic E-state index is 10.9. The first kappa shape index (κ1) is 16.9. The number of carboxylic acids is 1. The lowest BCUT2D eigenvalue weighted by Crippen LogP contribution is -2.27. The summed E-state index contributed by atoms with van der Waals surface area (Å²) in [4.78, 5) is 10.9. The molecule has 4 heteroatoms. The lowest BCUT2D eigenvalue weighted by Gasteiger charge is -2.34. The van der Waals surface area contributed by atoms with Crippen molar-refractivity contribution in [3.05, 3.63) is 59.7 Å². The summed E-state index contributed by atoms with van der Waals surface area (Å²) in [5.74, 6) is -0.392. The Hall–Kier alpha value is -2.49. The summed E-state index contributed by atoms with van der Waals surface area (Å²) in [6, 6.07) is 14.1. The number of aliphatic carboxylic acids is 1. The summed E-state index contributed by atoms with van der Waals surface area (Å²) in [7, 11) is 0. The van der Waals surface area contributed by atoms with Gasteiger partial charge in [0.15, 0.2) is 0 Å². The van der Waals surface area contributed by atoms with Gasteiger partial charge in [0.25, 0.3) is 0 Å². The number of aromatic hydroxyl groups is 2. The minimum Gasteiger partial charge on any atom is -0.508 e. The zero-order valence-electron chi connectivity index (χ0n) is 13.2. The topological polar surface area (TPSA) is 77.8 Å². The van der Waals surface area contributed by atoms with Gasteiger partial charge in [-0.2, -0.15) is 0 Å². The van der Waals surface area contributed by atoms with Gasteiger partial charge in [0.1, 0.15) is 11.5 Å². The molecule has 0 saturated carbocycles. The minimum absolute atomic E-state index is 0.123. The van der Waals surface area contributed by atoms with Crippen LogP contribution in [0.15, 0.2) is 48.5 Å².